The third-order valence-electron chi connectivity index (χ3n) is 3.26. The second-order valence-electron chi connectivity index (χ2n) is 4.83. The van der Waals surface area contributed by atoms with Crippen LogP contribution in [-0.4, -0.2) is 25.2 Å². The standard InChI is InChI=1S/C18H16Cl2O4/c1-3-23-17(21)13-7-5-12(10-16(13)20)11-6-8-15(19)14(9-11)18(22)24-4-2/h5-10H,3-4H2,1-2H3. The summed E-state index contributed by atoms with van der Waals surface area (Å²) in [6, 6.07) is 9.99. The molecule has 0 heterocycles. The molecule has 24 heavy (non-hydrogen) atoms. The van der Waals surface area contributed by atoms with Crippen LogP contribution in [0.25, 0.3) is 11.1 Å². The summed E-state index contributed by atoms with van der Waals surface area (Å²) >= 11 is 12.2. The number of carbonyl (C=O) groups is 2. The van der Waals surface area contributed by atoms with Gasteiger partial charge in [-0.25, -0.2) is 9.59 Å². The summed E-state index contributed by atoms with van der Waals surface area (Å²) in [7, 11) is 0. The van der Waals surface area contributed by atoms with E-state index in [1.54, 1.807) is 50.2 Å². The van der Waals surface area contributed by atoms with Crippen LogP contribution >= 0.6 is 23.2 Å². The molecular formula is C18H16Cl2O4. The number of carbonyl (C=O) groups excluding carboxylic acids is 2. The molecule has 6 heteroatoms. The number of benzene rings is 2. The van der Waals surface area contributed by atoms with Gasteiger partial charge in [0.15, 0.2) is 0 Å². The fourth-order valence-electron chi connectivity index (χ4n) is 2.14. The van der Waals surface area contributed by atoms with E-state index in [2.05, 4.69) is 0 Å². The molecule has 0 aliphatic heterocycles. The maximum atomic E-state index is 11.9. The lowest BCUT2D eigenvalue weighted by Crippen LogP contribution is -2.06. The van der Waals surface area contributed by atoms with Crippen molar-refractivity contribution in [1.29, 1.82) is 0 Å². The van der Waals surface area contributed by atoms with E-state index < -0.39 is 11.9 Å². The van der Waals surface area contributed by atoms with Crippen molar-refractivity contribution in [3.63, 3.8) is 0 Å². The van der Waals surface area contributed by atoms with Crippen LogP contribution in [0.1, 0.15) is 34.6 Å². The summed E-state index contributed by atoms with van der Waals surface area (Å²) in [6.45, 7) is 3.99. The summed E-state index contributed by atoms with van der Waals surface area (Å²) < 4.78 is 9.94. The maximum Gasteiger partial charge on any atom is 0.339 e. The lowest BCUT2D eigenvalue weighted by molar-refractivity contribution is 0.0517. The van der Waals surface area contributed by atoms with Crippen LogP contribution in [0.4, 0.5) is 0 Å². The van der Waals surface area contributed by atoms with Gasteiger partial charge in [0.2, 0.25) is 0 Å². The highest BCUT2D eigenvalue weighted by Crippen LogP contribution is 2.29. The van der Waals surface area contributed by atoms with Gasteiger partial charge < -0.3 is 9.47 Å². The maximum absolute atomic E-state index is 11.9. The van der Waals surface area contributed by atoms with Gasteiger partial charge in [0.25, 0.3) is 0 Å². The fourth-order valence-corrected chi connectivity index (χ4v) is 2.59. The van der Waals surface area contributed by atoms with Crippen molar-refractivity contribution in [2.75, 3.05) is 13.2 Å². The zero-order chi connectivity index (χ0) is 17.7. The van der Waals surface area contributed by atoms with Gasteiger partial charge in [-0.1, -0.05) is 35.3 Å². The van der Waals surface area contributed by atoms with Crippen molar-refractivity contribution in [2.45, 2.75) is 13.8 Å². The second-order valence-corrected chi connectivity index (χ2v) is 5.64. The quantitative estimate of drug-likeness (QED) is 0.697. The molecule has 0 saturated heterocycles. The summed E-state index contributed by atoms with van der Waals surface area (Å²) in [5.74, 6) is -0.962. The lowest BCUT2D eigenvalue weighted by Gasteiger charge is -2.09. The smallest absolute Gasteiger partial charge is 0.339 e. The Balaban J connectivity index is 2.38. The molecule has 0 aliphatic rings. The minimum absolute atomic E-state index is 0.263. The normalized spacial score (nSPS) is 10.3. The molecule has 0 bridgehead atoms. The van der Waals surface area contributed by atoms with E-state index in [0.717, 1.165) is 11.1 Å². The van der Waals surface area contributed by atoms with Gasteiger partial charge in [0.05, 0.1) is 34.4 Å². The predicted octanol–water partition coefficient (Wildman–Crippen LogP) is 5.01. The second kappa shape index (κ2) is 8.18. The first-order valence-corrected chi connectivity index (χ1v) is 8.17. The molecule has 0 aromatic heterocycles. The van der Waals surface area contributed by atoms with E-state index >= 15 is 0 Å². The van der Waals surface area contributed by atoms with Crippen LogP contribution in [0.15, 0.2) is 36.4 Å². The van der Waals surface area contributed by atoms with E-state index in [1.807, 2.05) is 0 Å². The SMILES string of the molecule is CCOC(=O)c1ccc(-c2ccc(Cl)c(C(=O)OCC)c2)cc1Cl. The number of halogens is 2. The molecule has 0 atom stereocenters. The molecule has 126 valence electrons. The Bertz CT molecular complexity index is 772. The highest BCUT2D eigenvalue weighted by Gasteiger charge is 2.15. The van der Waals surface area contributed by atoms with Gasteiger partial charge in [-0.15, -0.1) is 0 Å². The largest absolute Gasteiger partial charge is 0.462 e. The van der Waals surface area contributed by atoms with Crippen molar-refractivity contribution in [2.24, 2.45) is 0 Å². The molecule has 0 spiro atoms. The molecule has 0 amide bonds. The number of hydrogen-bond acceptors (Lipinski definition) is 4. The van der Waals surface area contributed by atoms with Gasteiger partial charge in [0.1, 0.15) is 0 Å². The molecule has 0 radical (unpaired) electrons. The third kappa shape index (κ3) is 4.08. The monoisotopic (exact) mass is 366 g/mol. The number of esters is 2. The number of rotatable bonds is 5. The predicted molar refractivity (Wildman–Crippen MR) is 93.8 cm³/mol. The zero-order valence-corrected chi connectivity index (χ0v) is 14.8. The first-order valence-electron chi connectivity index (χ1n) is 7.41. The van der Waals surface area contributed by atoms with Gasteiger partial charge in [0, 0.05) is 0 Å². The molecule has 4 nitrogen and oxygen atoms in total. The molecule has 0 aliphatic carbocycles. The summed E-state index contributed by atoms with van der Waals surface area (Å²) in [6.07, 6.45) is 0. The van der Waals surface area contributed by atoms with Gasteiger partial charge >= 0.3 is 11.9 Å². The van der Waals surface area contributed by atoms with Crippen molar-refractivity contribution in [3.8, 4) is 11.1 Å². The van der Waals surface area contributed by atoms with Crippen molar-refractivity contribution in [1.82, 2.24) is 0 Å². The highest BCUT2D eigenvalue weighted by molar-refractivity contribution is 6.34. The summed E-state index contributed by atoms with van der Waals surface area (Å²) in [4.78, 5) is 23.7. The topological polar surface area (TPSA) is 52.6 Å². The van der Waals surface area contributed by atoms with E-state index in [0.29, 0.717) is 10.6 Å². The minimum Gasteiger partial charge on any atom is -0.462 e. The van der Waals surface area contributed by atoms with E-state index in [9.17, 15) is 9.59 Å². The molecule has 2 aromatic carbocycles. The van der Waals surface area contributed by atoms with Gasteiger partial charge in [-0.05, 0) is 49.2 Å². The van der Waals surface area contributed by atoms with E-state index in [4.69, 9.17) is 32.7 Å². The van der Waals surface area contributed by atoms with Crippen LogP contribution in [0, 0.1) is 0 Å². The molecule has 2 rings (SSSR count). The third-order valence-corrected chi connectivity index (χ3v) is 3.90. The first-order chi connectivity index (χ1) is 11.5. The Morgan fingerprint density at radius 2 is 1.33 bits per heavy atom. The molecule has 0 saturated carbocycles. The molecule has 0 unspecified atom stereocenters. The van der Waals surface area contributed by atoms with Gasteiger partial charge in [-0.3, -0.25) is 0 Å². The summed E-state index contributed by atoms with van der Waals surface area (Å²) in [5, 5.41) is 0.588. The van der Waals surface area contributed by atoms with Crippen LogP contribution in [0.2, 0.25) is 10.0 Å². The van der Waals surface area contributed by atoms with Gasteiger partial charge in [-0.2, -0.15) is 0 Å². The minimum atomic E-state index is -0.487. The summed E-state index contributed by atoms with van der Waals surface area (Å²) in [5.41, 5.74) is 2.05. The Morgan fingerprint density at radius 1 is 0.792 bits per heavy atom. The van der Waals surface area contributed by atoms with Crippen LogP contribution in [0.5, 0.6) is 0 Å². The highest BCUT2D eigenvalue weighted by atomic mass is 35.5. The number of hydrogen-bond donors (Lipinski definition) is 0. The Hall–Kier alpha value is -2.04. The average Bonchev–Trinajstić information content (AvgIpc) is 2.55. The van der Waals surface area contributed by atoms with Crippen LogP contribution < -0.4 is 0 Å². The van der Waals surface area contributed by atoms with E-state index in [-0.39, 0.29) is 23.8 Å². The Labute approximate surface area is 150 Å². The average molecular weight is 367 g/mol. The molecule has 2 aromatic rings. The van der Waals surface area contributed by atoms with Crippen molar-refractivity contribution >= 4 is 35.1 Å². The Kier molecular flexibility index (Phi) is 6.23. The molecule has 0 N–H and O–H groups in total. The first kappa shape index (κ1) is 18.3. The van der Waals surface area contributed by atoms with E-state index in [1.165, 1.54) is 0 Å². The van der Waals surface area contributed by atoms with Crippen LogP contribution in [0.3, 0.4) is 0 Å². The fraction of sp³-hybridized carbons (Fsp3) is 0.222. The molecule has 0 fully saturated rings. The van der Waals surface area contributed by atoms with Crippen molar-refractivity contribution < 1.29 is 19.1 Å². The van der Waals surface area contributed by atoms with Crippen molar-refractivity contribution in [3.05, 3.63) is 57.6 Å². The zero-order valence-electron chi connectivity index (χ0n) is 13.3. The van der Waals surface area contributed by atoms with Crippen LogP contribution in [-0.2, 0) is 9.47 Å². The Morgan fingerprint density at radius 3 is 1.92 bits per heavy atom. The molecular weight excluding hydrogens is 351 g/mol. The lowest BCUT2D eigenvalue weighted by atomic mass is 10.0. The number of ether oxygens (including phenoxy) is 2.